The predicted octanol–water partition coefficient (Wildman–Crippen LogP) is 2.83. The Morgan fingerprint density at radius 1 is 1.14 bits per heavy atom. The van der Waals surface area contributed by atoms with Gasteiger partial charge >= 0.3 is 0 Å². The van der Waals surface area contributed by atoms with E-state index in [1.807, 2.05) is 30.3 Å². The zero-order valence-corrected chi connectivity index (χ0v) is 17.0. The van der Waals surface area contributed by atoms with E-state index in [2.05, 4.69) is 29.4 Å². The lowest BCUT2D eigenvalue weighted by atomic mass is 10.2. The highest BCUT2D eigenvalue weighted by molar-refractivity contribution is 5.95. The Morgan fingerprint density at radius 2 is 1.90 bits per heavy atom. The fourth-order valence-corrected chi connectivity index (χ4v) is 3.39. The van der Waals surface area contributed by atoms with E-state index >= 15 is 0 Å². The van der Waals surface area contributed by atoms with Crippen LogP contribution in [-0.4, -0.2) is 50.0 Å². The molecule has 6 heteroatoms. The molecule has 0 radical (unpaired) electrons. The lowest BCUT2D eigenvalue weighted by Crippen LogP contribution is -2.31. The minimum absolute atomic E-state index is 0.0121. The second-order valence-electron chi connectivity index (χ2n) is 7.36. The number of anilines is 1. The molecule has 2 amide bonds. The van der Waals surface area contributed by atoms with Gasteiger partial charge in [-0.2, -0.15) is 0 Å². The molecular formula is C23H29N3O3. The first-order valence-electron chi connectivity index (χ1n) is 10.1. The summed E-state index contributed by atoms with van der Waals surface area (Å²) in [5, 5.41) is 2.89. The molecule has 6 nitrogen and oxygen atoms in total. The second-order valence-corrected chi connectivity index (χ2v) is 7.36. The summed E-state index contributed by atoms with van der Waals surface area (Å²) in [5.74, 6) is 0.653. The van der Waals surface area contributed by atoms with Crippen LogP contribution < -0.4 is 15.0 Å². The summed E-state index contributed by atoms with van der Waals surface area (Å²) in [6, 6.07) is 17.7. The molecule has 1 aliphatic rings. The summed E-state index contributed by atoms with van der Waals surface area (Å²) in [7, 11) is 2.08. The van der Waals surface area contributed by atoms with Crippen LogP contribution in [0.15, 0.2) is 54.6 Å². The second kappa shape index (κ2) is 10.6. The summed E-state index contributed by atoms with van der Waals surface area (Å²) in [4.78, 5) is 27.8. The Balaban J connectivity index is 1.30. The average Bonchev–Trinajstić information content (AvgIpc) is 3.17. The first-order chi connectivity index (χ1) is 14.1. The third kappa shape index (κ3) is 6.61. The molecule has 1 fully saturated rings. The van der Waals surface area contributed by atoms with Crippen molar-refractivity contribution in [1.29, 1.82) is 0 Å². The Hall–Kier alpha value is -2.86. The Morgan fingerprint density at radius 3 is 2.59 bits per heavy atom. The minimum Gasteiger partial charge on any atom is -0.484 e. The van der Waals surface area contributed by atoms with E-state index in [9.17, 15) is 9.59 Å². The maximum absolute atomic E-state index is 12.0. The lowest BCUT2D eigenvalue weighted by molar-refractivity contribution is -0.123. The SMILES string of the molecule is CN(CCCNC(=O)COc1ccc(N2CCCC2=O)cc1)Cc1ccccc1. The van der Waals surface area contributed by atoms with Gasteiger partial charge in [0.1, 0.15) is 5.75 Å². The van der Waals surface area contributed by atoms with Crippen LogP contribution in [0.3, 0.4) is 0 Å². The van der Waals surface area contributed by atoms with Crippen molar-refractivity contribution in [2.75, 3.05) is 38.2 Å². The molecule has 1 N–H and O–H groups in total. The molecule has 2 aromatic carbocycles. The third-order valence-electron chi connectivity index (χ3n) is 4.93. The zero-order valence-electron chi connectivity index (χ0n) is 17.0. The van der Waals surface area contributed by atoms with Crippen molar-refractivity contribution in [3.05, 3.63) is 60.2 Å². The highest BCUT2D eigenvalue weighted by atomic mass is 16.5. The zero-order chi connectivity index (χ0) is 20.5. The van der Waals surface area contributed by atoms with Gasteiger partial charge in [-0.1, -0.05) is 30.3 Å². The lowest BCUT2D eigenvalue weighted by Gasteiger charge is -2.17. The quantitative estimate of drug-likeness (QED) is 0.629. The Kier molecular flexibility index (Phi) is 7.64. The van der Waals surface area contributed by atoms with Gasteiger partial charge in [0.05, 0.1) is 0 Å². The number of carbonyl (C=O) groups excluding carboxylic acids is 2. The van der Waals surface area contributed by atoms with Crippen LogP contribution >= 0.6 is 0 Å². The molecule has 0 spiro atoms. The molecule has 1 heterocycles. The molecule has 2 aromatic rings. The van der Waals surface area contributed by atoms with E-state index in [0.717, 1.165) is 38.2 Å². The molecule has 0 saturated carbocycles. The molecule has 29 heavy (non-hydrogen) atoms. The number of hydrogen-bond donors (Lipinski definition) is 1. The van der Waals surface area contributed by atoms with Crippen LogP contribution in [-0.2, 0) is 16.1 Å². The molecule has 154 valence electrons. The monoisotopic (exact) mass is 395 g/mol. The van der Waals surface area contributed by atoms with Crippen LogP contribution in [0.4, 0.5) is 5.69 Å². The maximum atomic E-state index is 12.0. The van der Waals surface area contributed by atoms with E-state index in [-0.39, 0.29) is 18.4 Å². The summed E-state index contributed by atoms with van der Waals surface area (Å²) >= 11 is 0. The van der Waals surface area contributed by atoms with Crippen molar-refractivity contribution >= 4 is 17.5 Å². The summed E-state index contributed by atoms with van der Waals surface area (Å²) < 4.78 is 5.54. The first kappa shape index (κ1) is 20.9. The molecule has 1 saturated heterocycles. The van der Waals surface area contributed by atoms with Gasteiger partial charge < -0.3 is 19.9 Å². The number of ether oxygens (including phenoxy) is 1. The van der Waals surface area contributed by atoms with Crippen molar-refractivity contribution in [3.8, 4) is 5.75 Å². The van der Waals surface area contributed by atoms with Crippen LogP contribution in [0.1, 0.15) is 24.8 Å². The van der Waals surface area contributed by atoms with Crippen LogP contribution in [0, 0.1) is 0 Å². The van der Waals surface area contributed by atoms with E-state index in [1.54, 1.807) is 17.0 Å². The molecule has 0 aliphatic carbocycles. The molecule has 3 rings (SSSR count). The van der Waals surface area contributed by atoms with Gasteiger partial charge in [0.25, 0.3) is 5.91 Å². The van der Waals surface area contributed by atoms with Crippen molar-refractivity contribution < 1.29 is 14.3 Å². The van der Waals surface area contributed by atoms with Gasteiger partial charge in [-0.15, -0.1) is 0 Å². The number of nitrogens with one attached hydrogen (secondary N) is 1. The molecule has 0 atom stereocenters. The van der Waals surface area contributed by atoms with Gasteiger partial charge in [-0.05, 0) is 56.3 Å². The van der Waals surface area contributed by atoms with Crippen LogP contribution in [0.5, 0.6) is 5.75 Å². The fourth-order valence-electron chi connectivity index (χ4n) is 3.39. The largest absolute Gasteiger partial charge is 0.484 e. The number of amides is 2. The number of rotatable bonds is 10. The fraction of sp³-hybridized carbons (Fsp3) is 0.391. The first-order valence-corrected chi connectivity index (χ1v) is 10.1. The van der Waals surface area contributed by atoms with Crippen molar-refractivity contribution in [2.24, 2.45) is 0 Å². The number of carbonyl (C=O) groups is 2. The highest BCUT2D eigenvalue weighted by Gasteiger charge is 2.21. The van der Waals surface area contributed by atoms with E-state index in [1.165, 1.54) is 5.56 Å². The topological polar surface area (TPSA) is 61.9 Å². The van der Waals surface area contributed by atoms with Gasteiger partial charge in [-0.25, -0.2) is 0 Å². The average molecular weight is 396 g/mol. The van der Waals surface area contributed by atoms with Gasteiger partial charge in [0.2, 0.25) is 5.91 Å². The number of nitrogens with zero attached hydrogens (tertiary/aromatic N) is 2. The van der Waals surface area contributed by atoms with Gasteiger partial charge in [0, 0.05) is 31.7 Å². The standard InChI is InChI=1S/C23H29N3O3/c1-25(17-19-7-3-2-4-8-19)15-6-14-24-22(27)18-29-21-12-10-20(11-13-21)26-16-5-9-23(26)28/h2-4,7-8,10-13H,5-6,9,14-18H2,1H3,(H,24,27). The van der Waals surface area contributed by atoms with E-state index in [4.69, 9.17) is 4.74 Å². The highest BCUT2D eigenvalue weighted by Crippen LogP contribution is 2.23. The molecule has 0 bridgehead atoms. The third-order valence-corrected chi connectivity index (χ3v) is 4.93. The summed E-state index contributed by atoms with van der Waals surface area (Å²) in [6.45, 7) is 3.19. The van der Waals surface area contributed by atoms with Gasteiger partial charge in [-0.3, -0.25) is 9.59 Å². The molecule has 1 aliphatic heterocycles. The van der Waals surface area contributed by atoms with Crippen molar-refractivity contribution in [1.82, 2.24) is 10.2 Å². The minimum atomic E-state index is -0.130. The predicted molar refractivity (Wildman–Crippen MR) is 114 cm³/mol. The normalized spacial score (nSPS) is 13.7. The van der Waals surface area contributed by atoms with Crippen molar-refractivity contribution in [2.45, 2.75) is 25.8 Å². The molecule has 0 aromatic heterocycles. The number of benzene rings is 2. The summed E-state index contributed by atoms with van der Waals surface area (Å²) in [5.41, 5.74) is 2.16. The Bertz CT molecular complexity index is 793. The van der Waals surface area contributed by atoms with Crippen molar-refractivity contribution in [3.63, 3.8) is 0 Å². The number of hydrogen-bond acceptors (Lipinski definition) is 4. The molecule has 0 unspecified atom stereocenters. The molecular weight excluding hydrogens is 366 g/mol. The van der Waals surface area contributed by atoms with Gasteiger partial charge in [0.15, 0.2) is 6.61 Å². The van der Waals surface area contributed by atoms with E-state index in [0.29, 0.717) is 18.7 Å². The Labute approximate surface area is 172 Å². The van der Waals surface area contributed by atoms with Crippen LogP contribution in [0.2, 0.25) is 0 Å². The smallest absolute Gasteiger partial charge is 0.257 e. The van der Waals surface area contributed by atoms with E-state index < -0.39 is 0 Å². The maximum Gasteiger partial charge on any atom is 0.257 e. The van der Waals surface area contributed by atoms with Crippen LogP contribution in [0.25, 0.3) is 0 Å². The summed E-state index contributed by atoms with van der Waals surface area (Å²) in [6.07, 6.45) is 2.40.